The molecule has 30 heavy (non-hydrogen) atoms. The van der Waals surface area contributed by atoms with E-state index >= 15 is 0 Å². The molecule has 7 nitrogen and oxygen atoms in total. The Kier molecular flexibility index (Phi) is 8.50. The molecule has 0 aliphatic heterocycles. The highest BCUT2D eigenvalue weighted by atomic mass is 35.5. The highest BCUT2D eigenvalue weighted by Crippen LogP contribution is 2.30. The number of carbonyl (C=O) groups excluding carboxylic acids is 3. The van der Waals surface area contributed by atoms with Gasteiger partial charge in [-0.3, -0.25) is 14.4 Å². The van der Waals surface area contributed by atoms with Crippen LogP contribution in [0.5, 0.6) is 5.75 Å². The maximum absolute atomic E-state index is 12.2. The molecule has 0 bridgehead atoms. The lowest BCUT2D eigenvalue weighted by atomic mass is 10.0. The van der Waals surface area contributed by atoms with Crippen molar-refractivity contribution in [3.63, 3.8) is 0 Å². The van der Waals surface area contributed by atoms with Gasteiger partial charge in [0, 0.05) is 23.0 Å². The van der Waals surface area contributed by atoms with Gasteiger partial charge < -0.3 is 20.1 Å². The van der Waals surface area contributed by atoms with Crippen LogP contribution in [0.1, 0.15) is 30.5 Å². The summed E-state index contributed by atoms with van der Waals surface area (Å²) < 4.78 is 10.3. The van der Waals surface area contributed by atoms with Crippen molar-refractivity contribution in [2.45, 2.75) is 26.3 Å². The average Bonchev–Trinajstić information content (AvgIpc) is 2.68. The number of anilines is 1. The second-order valence-electron chi connectivity index (χ2n) is 6.52. The first-order valence-electron chi connectivity index (χ1n) is 9.01. The summed E-state index contributed by atoms with van der Waals surface area (Å²) in [5.41, 5.74) is 1.86. The predicted molar refractivity (Wildman–Crippen MR) is 115 cm³/mol. The predicted octanol–water partition coefficient (Wildman–Crippen LogP) is 4.06. The fourth-order valence-corrected chi connectivity index (χ4v) is 2.96. The van der Waals surface area contributed by atoms with Crippen LogP contribution in [-0.2, 0) is 19.1 Å². The molecule has 0 aliphatic carbocycles. The monoisotopic (exact) mass is 452 g/mol. The summed E-state index contributed by atoms with van der Waals surface area (Å²) >= 11 is 11.9. The van der Waals surface area contributed by atoms with Crippen LogP contribution in [0, 0.1) is 6.92 Å². The van der Waals surface area contributed by atoms with E-state index in [1.54, 1.807) is 43.3 Å². The fourth-order valence-electron chi connectivity index (χ4n) is 2.68. The van der Waals surface area contributed by atoms with Crippen molar-refractivity contribution in [1.29, 1.82) is 0 Å². The minimum atomic E-state index is -0.641. The van der Waals surface area contributed by atoms with Crippen molar-refractivity contribution in [2.75, 3.05) is 19.0 Å². The number of esters is 1. The minimum Gasteiger partial charge on any atom is -0.495 e. The first-order chi connectivity index (χ1) is 14.2. The minimum absolute atomic E-state index is 0.141. The van der Waals surface area contributed by atoms with E-state index in [4.69, 9.17) is 32.7 Å². The summed E-state index contributed by atoms with van der Waals surface area (Å²) in [6, 6.07) is 9.37. The largest absolute Gasteiger partial charge is 0.495 e. The lowest BCUT2D eigenvalue weighted by molar-refractivity contribution is -0.148. The van der Waals surface area contributed by atoms with Gasteiger partial charge >= 0.3 is 5.97 Å². The number of amides is 2. The second kappa shape index (κ2) is 10.8. The molecule has 0 heterocycles. The number of hydrogen-bond acceptors (Lipinski definition) is 5. The summed E-state index contributed by atoms with van der Waals surface area (Å²) in [6.07, 6.45) is -0.141. The number of carbonyl (C=O) groups is 3. The maximum Gasteiger partial charge on any atom is 0.308 e. The first kappa shape index (κ1) is 23.5. The van der Waals surface area contributed by atoms with Crippen LogP contribution < -0.4 is 15.4 Å². The van der Waals surface area contributed by atoms with E-state index in [0.717, 1.165) is 5.56 Å². The van der Waals surface area contributed by atoms with Crippen molar-refractivity contribution < 1.29 is 23.9 Å². The Hall–Kier alpha value is -2.77. The molecule has 0 saturated heterocycles. The molecule has 160 valence electrons. The molecule has 0 radical (unpaired) electrons. The highest BCUT2D eigenvalue weighted by molar-refractivity contribution is 6.31. The molecule has 0 spiro atoms. The van der Waals surface area contributed by atoms with E-state index in [0.29, 0.717) is 27.0 Å². The van der Waals surface area contributed by atoms with Crippen LogP contribution in [0.2, 0.25) is 10.0 Å². The molecule has 0 saturated carbocycles. The van der Waals surface area contributed by atoms with Gasteiger partial charge in [0.1, 0.15) is 5.75 Å². The molecule has 2 N–H and O–H groups in total. The van der Waals surface area contributed by atoms with E-state index in [9.17, 15) is 14.4 Å². The summed E-state index contributed by atoms with van der Waals surface area (Å²) in [5, 5.41) is 6.35. The first-order valence-corrected chi connectivity index (χ1v) is 9.77. The van der Waals surface area contributed by atoms with E-state index in [1.165, 1.54) is 14.0 Å². The zero-order valence-electron chi connectivity index (χ0n) is 16.8. The Bertz CT molecular complexity index is 932. The standard InChI is InChI=1S/C21H22Cl2N2O5/c1-12-8-18(19(29-3)9-16(12)23)25-20(27)11-30-21(28)10-17(24-13(2)26)14-4-6-15(22)7-5-14/h4-9,17H,10-11H2,1-3H3,(H,24,26)(H,25,27). The highest BCUT2D eigenvalue weighted by Gasteiger charge is 2.19. The third kappa shape index (κ3) is 6.93. The van der Waals surface area contributed by atoms with Crippen molar-refractivity contribution in [1.82, 2.24) is 5.32 Å². The molecule has 0 fully saturated rings. The van der Waals surface area contributed by atoms with Crippen LogP contribution in [0.4, 0.5) is 5.69 Å². The zero-order chi connectivity index (χ0) is 22.3. The van der Waals surface area contributed by atoms with Gasteiger partial charge in [-0.25, -0.2) is 0 Å². The Morgan fingerprint density at radius 3 is 2.37 bits per heavy atom. The topological polar surface area (TPSA) is 93.7 Å². The van der Waals surface area contributed by atoms with Gasteiger partial charge in [0.15, 0.2) is 6.61 Å². The Labute approximate surface area is 184 Å². The normalized spacial score (nSPS) is 11.4. The average molecular weight is 453 g/mol. The van der Waals surface area contributed by atoms with Gasteiger partial charge in [0.05, 0.1) is 25.3 Å². The van der Waals surface area contributed by atoms with Gasteiger partial charge in [0.2, 0.25) is 5.91 Å². The summed E-state index contributed by atoms with van der Waals surface area (Å²) in [4.78, 5) is 35.9. The number of ether oxygens (including phenoxy) is 2. The van der Waals surface area contributed by atoms with Crippen LogP contribution in [0.25, 0.3) is 0 Å². The second-order valence-corrected chi connectivity index (χ2v) is 7.36. The van der Waals surface area contributed by atoms with Gasteiger partial charge in [-0.15, -0.1) is 0 Å². The van der Waals surface area contributed by atoms with Crippen molar-refractivity contribution in [2.24, 2.45) is 0 Å². The van der Waals surface area contributed by atoms with Crippen LogP contribution in [0.15, 0.2) is 36.4 Å². The zero-order valence-corrected chi connectivity index (χ0v) is 18.3. The molecule has 0 aromatic heterocycles. The summed E-state index contributed by atoms with van der Waals surface area (Å²) in [7, 11) is 1.45. The summed E-state index contributed by atoms with van der Waals surface area (Å²) in [6.45, 7) is 2.65. The molecule has 1 unspecified atom stereocenters. The molecular formula is C21H22Cl2N2O5. The van der Waals surface area contributed by atoms with E-state index < -0.39 is 24.5 Å². The fraction of sp³-hybridized carbons (Fsp3) is 0.286. The van der Waals surface area contributed by atoms with Crippen molar-refractivity contribution >= 4 is 46.7 Å². The molecule has 2 aromatic rings. The number of halogens is 2. The molecule has 2 amide bonds. The third-order valence-corrected chi connectivity index (χ3v) is 4.80. The van der Waals surface area contributed by atoms with Crippen LogP contribution in [0.3, 0.4) is 0 Å². The van der Waals surface area contributed by atoms with E-state index in [2.05, 4.69) is 10.6 Å². The number of benzene rings is 2. The SMILES string of the molecule is COc1cc(Cl)c(C)cc1NC(=O)COC(=O)CC(NC(C)=O)c1ccc(Cl)cc1. The lowest BCUT2D eigenvalue weighted by Gasteiger charge is -2.18. The van der Waals surface area contributed by atoms with Gasteiger partial charge in [0.25, 0.3) is 5.91 Å². The lowest BCUT2D eigenvalue weighted by Crippen LogP contribution is -2.29. The summed E-state index contributed by atoms with van der Waals surface area (Å²) in [5.74, 6) is -1.09. The number of rotatable bonds is 8. The Morgan fingerprint density at radius 1 is 1.10 bits per heavy atom. The van der Waals surface area contributed by atoms with E-state index in [-0.39, 0.29) is 12.3 Å². The third-order valence-electron chi connectivity index (χ3n) is 4.14. The van der Waals surface area contributed by atoms with E-state index in [1.807, 2.05) is 0 Å². The van der Waals surface area contributed by atoms with Crippen molar-refractivity contribution in [3.05, 3.63) is 57.6 Å². The number of hydrogen-bond donors (Lipinski definition) is 2. The van der Waals surface area contributed by atoms with Crippen LogP contribution in [-0.4, -0.2) is 31.5 Å². The molecule has 2 rings (SSSR count). The Balaban J connectivity index is 1.96. The van der Waals surface area contributed by atoms with Gasteiger partial charge in [-0.1, -0.05) is 35.3 Å². The van der Waals surface area contributed by atoms with Crippen molar-refractivity contribution in [3.8, 4) is 5.75 Å². The quantitative estimate of drug-likeness (QED) is 0.588. The number of aryl methyl sites for hydroxylation is 1. The maximum atomic E-state index is 12.2. The van der Waals surface area contributed by atoms with Crippen LogP contribution >= 0.6 is 23.2 Å². The molecule has 9 heteroatoms. The molecule has 0 aliphatic rings. The number of methoxy groups -OCH3 is 1. The van der Waals surface area contributed by atoms with Gasteiger partial charge in [-0.2, -0.15) is 0 Å². The molecular weight excluding hydrogens is 431 g/mol. The smallest absolute Gasteiger partial charge is 0.308 e. The Morgan fingerprint density at radius 2 is 1.77 bits per heavy atom. The van der Waals surface area contributed by atoms with Gasteiger partial charge in [-0.05, 0) is 36.2 Å². The number of nitrogens with one attached hydrogen (secondary N) is 2. The molecule has 1 atom stereocenters. The molecule has 2 aromatic carbocycles.